The van der Waals surface area contributed by atoms with Crippen LogP contribution in [0.2, 0.25) is 20.4 Å². The Balaban J connectivity index is 0.000000160. The van der Waals surface area contributed by atoms with E-state index < -0.39 is 62.9 Å². The number of anilines is 2. The van der Waals surface area contributed by atoms with Crippen molar-refractivity contribution in [3.05, 3.63) is 115 Å². The Kier molecular flexibility index (Phi) is 15.8. The number of aliphatic hydroxyl groups is 2. The maximum Gasteiger partial charge on any atom is 0.307 e. The van der Waals surface area contributed by atoms with Crippen molar-refractivity contribution >= 4 is 81.3 Å². The number of aromatic nitrogens is 2. The molecule has 6 atom stereocenters. The number of carboxylic acids is 1. The van der Waals surface area contributed by atoms with Gasteiger partial charge in [-0.3, -0.25) is 19.2 Å². The highest BCUT2D eigenvalue weighted by molar-refractivity contribution is 6.32. The first-order valence-corrected chi connectivity index (χ1v) is 29.4. The molecule has 424 valence electrons. The van der Waals surface area contributed by atoms with Gasteiger partial charge in [0.2, 0.25) is 11.8 Å². The van der Waals surface area contributed by atoms with Crippen molar-refractivity contribution in [1.29, 1.82) is 0 Å². The van der Waals surface area contributed by atoms with E-state index in [0.717, 1.165) is 69.8 Å². The predicted octanol–water partition coefficient (Wildman–Crippen LogP) is 13.0. The normalized spacial score (nSPS) is 31.7. The van der Waals surface area contributed by atoms with Gasteiger partial charge in [0.15, 0.2) is 21.9 Å². The fourth-order valence-electron chi connectivity index (χ4n) is 16.3. The van der Waals surface area contributed by atoms with Gasteiger partial charge in [0.1, 0.15) is 5.78 Å². The Bertz CT molecular complexity index is 3060. The summed E-state index contributed by atoms with van der Waals surface area (Å²) in [5.41, 5.74) is 5.21. The second kappa shape index (κ2) is 21.5. The quantitative estimate of drug-likeness (QED) is 0.0921. The molecule has 2 aromatic heterocycles. The van der Waals surface area contributed by atoms with Crippen LogP contribution in [0.4, 0.5) is 20.2 Å². The second-order valence-electron chi connectivity index (χ2n) is 26.1. The van der Waals surface area contributed by atoms with Crippen molar-refractivity contribution in [2.75, 3.05) is 23.8 Å². The average molecular weight is 1170 g/mol. The van der Waals surface area contributed by atoms with E-state index in [-0.39, 0.29) is 74.7 Å². The topological polar surface area (TPSA) is 205 Å². The summed E-state index contributed by atoms with van der Waals surface area (Å²) in [6.07, 6.45) is 14.2. The molecule has 7 N–H and O–H groups in total. The molecule has 8 aliphatic rings. The molecule has 2 aromatic carbocycles. The lowest BCUT2D eigenvalue weighted by Gasteiger charge is -2.51. The lowest BCUT2D eigenvalue weighted by Crippen LogP contribution is -2.52. The number of nitrogens with two attached hydrogens (primary N) is 1. The molecule has 0 bridgehead atoms. The molecule has 4 aromatic rings. The Labute approximate surface area is 480 Å². The molecule has 6 fully saturated rings. The Morgan fingerprint density at radius 3 is 1.42 bits per heavy atom. The first-order chi connectivity index (χ1) is 37.4. The molecule has 2 amide bonds. The van der Waals surface area contributed by atoms with Gasteiger partial charge in [-0.05, 0) is 188 Å². The van der Waals surface area contributed by atoms with Gasteiger partial charge in [0.25, 0.3) is 0 Å². The van der Waals surface area contributed by atoms with Crippen LogP contribution in [0.5, 0.6) is 0 Å². The summed E-state index contributed by atoms with van der Waals surface area (Å²) in [4.78, 5) is 63.1. The molecule has 2 aliphatic heterocycles. The second-order valence-corrected chi connectivity index (χ2v) is 27.6. The highest BCUT2D eigenvalue weighted by Crippen LogP contribution is 2.74. The van der Waals surface area contributed by atoms with Crippen molar-refractivity contribution in [2.24, 2.45) is 57.0 Å². The van der Waals surface area contributed by atoms with Crippen LogP contribution in [0.3, 0.4) is 0 Å². The molecule has 1 unspecified atom stereocenters. The number of aliphatic hydroxyl groups excluding tert-OH is 2. The summed E-state index contributed by atoms with van der Waals surface area (Å²) in [5, 5.41) is 34.7. The summed E-state index contributed by atoms with van der Waals surface area (Å²) in [6.45, 7) is 9.35. The fraction of sp³-hybridized carbons (Fsp3) is 0.574. The zero-order valence-electron chi connectivity index (χ0n) is 45.1. The number of pyridine rings is 2. The van der Waals surface area contributed by atoms with Gasteiger partial charge < -0.3 is 31.7 Å². The van der Waals surface area contributed by atoms with Gasteiger partial charge in [-0.1, -0.05) is 86.2 Å². The Hall–Kier alpha value is -4.28. The molecule has 4 heterocycles. The fourth-order valence-corrected chi connectivity index (χ4v) is 17.0. The third-order valence-corrected chi connectivity index (χ3v) is 21.5. The van der Waals surface area contributed by atoms with E-state index in [1.807, 2.05) is 6.07 Å². The summed E-state index contributed by atoms with van der Waals surface area (Å²) in [7, 11) is 0. The maximum atomic E-state index is 15.9. The number of carbonyl (C=O) groups is 4. The van der Waals surface area contributed by atoms with E-state index in [2.05, 4.69) is 48.3 Å². The molecular weight excluding hydrogens is 1090 g/mol. The van der Waals surface area contributed by atoms with Crippen LogP contribution in [-0.2, 0) is 30.0 Å². The number of amides is 2. The molecular formula is C61H71Cl4F2N5O7. The number of ketones is 1. The third-order valence-electron chi connectivity index (χ3n) is 20.5. The average Bonchev–Trinajstić information content (AvgIpc) is 2.33. The molecule has 18 heteroatoms. The first kappa shape index (κ1) is 57.9. The molecule has 6 saturated carbocycles. The van der Waals surface area contributed by atoms with Gasteiger partial charge in [-0.15, -0.1) is 0 Å². The van der Waals surface area contributed by atoms with Gasteiger partial charge in [-0.25, -0.2) is 18.7 Å². The molecule has 12 rings (SSSR count). The maximum absolute atomic E-state index is 15.9. The minimum Gasteiger partial charge on any atom is -0.481 e. The van der Waals surface area contributed by atoms with Crippen molar-refractivity contribution in [1.82, 2.24) is 9.97 Å². The van der Waals surface area contributed by atoms with E-state index in [4.69, 9.17) is 57.2 Å². The van der Waals surface area contributed by atoms with E-state index >= 15 is 8.78 Å². The molecule has 0 radical (unpaired) electrons. The monoisotopic (exact) mass is 1160 g/mol. The number of fused-ring (bicyclic) bond motifs is 6. The van der Waals surface area contributed by atoms with E-state index in [9.17, 15) is 29.4 Å². The highest BCUT2D eigenvalue weighted by Gasteiger charge is 2.74. The summed E-state index contributed by atoms with van der Waals surface area (Å²) in [5.74, 6) is -5.03. The smallest absolute Gasteiger partial charge is 0.307 e. The summed E-state index contributed by atoms with van der Waals surface area (Å²) >= 11 is 24.8. The van der Waals surface area contributed by atoms with Crippen molar-refractivity contribution in [3.8, 4) is 0 Å². The van der Waals surface area contributed by atoms with Gasteiger partial charge in [-0.2, -0.15) is 0 Å². The number of rotatable bonds is 8. The van der Waals surface area contributed by atoms with Crippen LogP contribution in [0.1, 0.15) is 158 Å². The highest BCUT2D eigenvalue weighted by atomic mass is 35.5. The van der Waals surface area contributed by atoms with Crippen molar-refractivity contribution < 1.29 is 43.3 Å². The number of hydrogen-bond donors (Lipinski definition) is 6. The van der Waals surface area contributed by atoms with Crippen LogP contribution in [0, 0.1) is 62.9 Å². The lowest BCUT2D eigenvalue weighted by atomic mass is 9.51. The van der Waals surface area contributed by atoms with Crippen LogP contribution >= 0.6 is 46.4 Å². The Morgan fingerprint density at radius 1 is 0.620 bits per heavy atom. The van der Waals surface area contributed by atoms with Crippen LogP contribution in [-0.4, -0.2) is 68.1 Å². The number of nitrogens with one attached hydrogen (secondary N) is 2. The minimum atomic E-state index is -1.25. The van der Waals surface area contributed by atoms with Crippen LogP contribution in [0.15, 0.2) is 60.9 Å². The third kappa shape index (κ3) is 9.70. The standard InChI is InChI=1S/C31H35Cl2FN2O3.C25H25Cl2FN2O3.C5H11NO/c1-29(2)6-8-30(9-7-29)15-21(24(38)13-17-11-18(12-17)16-37)25(20-5-10-35-27(33)26(20)34)31(30)22-4-3-19(32)14-23(22)36-28(31)39;1-23(2)6-8-24(9-7-23)12-15(21(31)32)18(14-5-10-29-20(27)19(14)28)25(24)16-4-3-13(26)11-17(16)30-22(25)33;6-5-1-4(2-5)3-7/h3-5,10,14,17-18,21,25,37H,6-9,11-13,15-16H2,1-2H3,(H,36,39);3-5,10-11,15,18H,6-9,12H2,1-2H3,(H,30,33)(H,31,32);4-5,7H,1-3,6H2/t17?,18?,21-,25-,31+;15-,18+,25?;/m01./s1. The number of hydrogen-bond acceptors (Lipinski definition) is 9. The zero-order valence-corrected chi connectivity index (χ0v) is 48.2. The lowest BCUT2D eigenvalue weighted by molar-refractivity contribution is -0.142. The van der Waals surface area contributed by atoms with E-state index in [0.29, 0.717) is 71.2 Å². The van der Waals surface area contributed by atoms with Gasteiger partial charge in [0, 0.05) is 77.2 Å². The predicted molar refractivity (Wildman–Crippen MR) is 301 cm³/mol. The largest absolute Gasteiger partial charge is 0.481 e. The number of benzene rings is 2. The van der Waals surface area contributed by atoms with Gasteiger partial charge >= 0.3 is 5.97 Å². The molecule has 4 spiro atoms. The van der Waals surface area contributed by atoms with E-state index in [1.54, 1.807) is 36.4 Å². The summed E-state index contributed by atoms with van der Waals surface area (Å²) in [6, 6.07) is 14.1. The number of Topliss-reactive ketones (excluding diaryl/α,β-unsaturated/α-hetero) is 1. The van der Waals surface area contributed by atoms with Gasteiger partial charge in [0.05, 0.1) is 16.7 Å². The SMILES string of the molecule is CC1(C)CCC2(CC1)C[C@@H](C(=O)CC1CC(CO)C1)[C@H](c1ccnc(Cl)c1F)[C@]21C(=O)Nc2cc(Cl)ccc21.CC1(C)CCC2(CC1)C[C@@H](C(=O)O)[C@H](c1ccnc(Cl)c1F)C21C(=O)Nc2cc(Cl)ccc21.NC1CC(CO)C1. The zero-order chi connectivity index (χ0) is 56.8. The van der Waals surface area contributed by atoms with Crippen molar-refractivity contribution in [3.63, 3.8) is 0 Å². The van der Waals surface area contributed by atoms with E-state index in [1.165, 1.54) is 18.5 Å². The van der Waals surface area contributed by atoms with Crippen LogP contribution in [0.25, 0.3) is 0 Å². The minimum absolute atomic E-state index is 0.0741. The molecule has 0 saturated heterocycles. The molecule has 79 heavy (non-hydrogen) atoms. The molecule has 6 aliphatic carbocycles. The number of aliphatic carboxylic acids is 1. The number of carbonyl (C=O) groups excluding carboxylic acids is 3. The number of carboxylic acid groups (broad SMARTS) is 1. The Morgan fingerprint density at radius 2 is 1.03 bits per heavy atom. The number of halogens is 6. The van der Waals surface area contributed by atoms with Crippen LogP contribution < -0.4 is 16.4 Å². The molecule has 12 nitrogen and oxygen atoms in total. The van der Waals surface area contributed by atoms with Crippen molar-refractivity contribution in [2.45, 2.75) is 153 Å². The summed E-state index contributed by atoms with van der Waals surface area (Å²) < 4.78 is 31.4. The first-order valence-electron chi connectivity index (χ1n) is 27.9. The number of nitrogens with zero attached hydrogens (tertiary/aromatic N) is 2.